The third-order valence-corrected chi connectivity index (χ3v) is 6.88. The zero-order chi connectivity index (χ0) is 24.5. The lowest BCUT2D eigenvalue weighted by Gasteiger charge is -2.33. The highest BCUT2D eigenvalue weighted by atomic mass is 16.5. The predicted molar refractivity (Wildman–Crippen MR) is 139 cm³/mol. The van der Waals surface area contributed by atoms with Crippen molar-refractivity contribution in [3.63, 3.8) is 0 Å². The van der Waals surface area contributed by atoms with Gasteiger partial charge in [-0.05, 0) is 101 Å². The smallest absolute Gasteiger partial charge is 0.321 e. The van der Waals surface area contributed by atoms with Gasteiger partial charge in [-0.25, -0.2) is 4.79 Å². The van der Waals surface area contributed by atoms with Crippen LogP contribution in [0.2, 0.25) is 0 Å². The number of urea groups is 1. The van der Waals surface area contributed by atoms with Gasteiger partial charge in [0.05, 0.1) is 6.61 Å². The highest BCUT2D eigenvalue weighted by molar-refractivity contribution is 5.94. The molecular formula is C28H38N4O3. The lowest BCUT2D eigenvalue weighted by atomic mass is 9.89. The van der Waals surface area contributed by atoms with Crippen molar-refractivity contribution in [1.29, 1.82) is 0 Å². The van der Waals surface area contributed by atoms with Gasteiger partial charge in [0.1, 0.15) is 5.75 Å². The molecule has 0 aromatic heterocycles. The maximum atomic E-state index is 12.9. The first kappa shape index (κ1) is 25.0. The molecule has 7 nitrogen and oxygen atoms in total. The van der Waals surface area contributed by atoms with E-state index >= 15 is 0 Å². The number of nitrogens with zero attached hydrogens (tertiary/aromatic N) is 2. The summed E-state index contributed by atoms with van der Waals surface area (Å²) in [5, 5.41) is 6.07. The molecule has 0 radical (unpaired) electrons. The Bertz CT molecular complexity index is 972. The van der Waals surface area contributed by atoms with Gasteiger partial charge in [0, 0.05) is 36.8 Å². The molecule has 0 bridgehead atoms. The van der Waals surface area contributed by atoms with Gasteiger partial charge in [-0.3, -0.25) is 4.79 Å². The molecule has 2 aliphatic heterocycles. The Morgan fingerprint density at radius 1 is 1.03 bits per heavy atom. The number of hydrogen-bond acceptors (Lipinski definition) is 4. The van der Waals surface area contributed by atoms with E-state index in [4.69, 9.17) is 4.74 Å². The average Bonchev–Trinajstić information content (AvgIpc) is 3.42. The molecule has 7 heteroatoms. The van der Waals surface area contributed by atoms with Gasteiger partial charge in [-0.2, -0.15) is 0 Å². The number of carbonyl (C=O) groups is 2. The van der Waals surface area contributed by atoms with Crippen LogP contribution in [0.1, 0.15) is 60.9 Å². The van der Waals surface area contributed by atoms with Gasteiger partial charge in [0.2, 0.25) is 0 Å². The van der Waals surface area contributed by atoms with Crippen LogP contribution in [0.3, 0.4) is 0 Å². The largest absolute Gasteiger partial charge is 0.494 e. The third kappa shape index (κ3) is 7.21. The van der Waals surface area contributed by atoms with Crippen LogP contribution >= 0.6 is 0 Å². The summed E-state index contributed by atoms with van der Waals surface area (Å²) in [5.41, 5.74) is 2.57. The Balaban J connectivity index is 1.28. The summed E-state index contributed by atoms with van der Waals surface area (Å²) in [6.07, 6.45) is 5.51. The lowest BCUT2D eigenvalue weighted by molar-refractivity contribution is 0.0951. The summed E-state index contributed by atoms with van der Waals surface area (Å²) in [6.45, 7) is 8.06. The summed E-state index contributed by atoms with van der Waals surface area (Å²) < 4.78 is 5.47. The Labute approximate surface area is 208 Å². The maximum absolute atomic E-state index is 12.9. The van der Waals surface area contributed by atoms with E-state index in [0.717, 1.165) is 49.4 Å². The second kappa shape index (κ2) is 12.6. The standard InChI is InChI=1S/C28H38N4O3/c1-2-35-26-13-11-25(12-14-26)30-28(34)32-19-6-10-24(21-32)22-8-5-9-23(20-22)27(33)29-15-7-18-31-16-3-4-17-31/h5,8-9,11-14,20,24H,2-4,6-7,10,15-19,21H2,1H3,(H,29,33)(H,30,34). The zero-order valence-corrected chi connectivity index (χ0v) is 20.8. The highest BCUT2D eigenvalue weighted by Gasteiger charge is 2.25. The van der Waals surface area contributed by atoms with Crippen molar-refractivity contribution in [3.8, 4) is 5.75 Å². The van der Waals surface area contributed by atoms with Gasteiger partial charge in [-0.15, -0.1) is 0 Å². The van der Waals surface area contributed by atoms with Crippen LogP contribution in [0.5, 0.6) is 5.75 Å². The van der Waals surface area contributed by atoms with Crippen LogP contribution in [0.25, 0.3) is 0 Å². The van der Waals surface area contributed by atoms with E-state index in [2.05, 4.69) is 21.6 Å². The Morgan fingerprint density at radius 2 is 1.83 bits per heavy atom. The molecule has 2 aromatic carbocycles. The topological polar surface area (TPSA) is 73.9 Å². The number of carbonyl (C=O) groups excluding carboxylic acids is 2. The Hall–Kier alpha value is -3.06. The van der Waals surface area contributed by atoms with E-state index < -0.39 is 0 Å². The summed E-state index contributed by atoms with van der Waals surface area (Å²) >= 11 is 0. The number of hydrogen-bond donors (Lipinski definition) is 2. The molecule has 0 aliphatic carbocycles. The quantitative estimate of drug-likeness (QED) is 0.512. The van der Waals surface area contributed by atoms with Crippen LogP contribution in [0.4, 0.5) is 10.5 Å². The summed E-state index contributed by atoms with van der Waals surface area (Å²) in [6, 6.07) is 15.2. The zero-order valence-electron chi connectivity index (χ0n) is 20.8. The molecule has 4 rings (SSSR count). The molecule has 0 saturated carbocycles. The minimum atomic E-state index is -0.0919. The summed E-state index contributed by atoms with van der Waals surface area (Å²) in [7, 11) is 0. The summed E-state index contributed by atoms with van der Waals surface area (Å²) in [5.74, 6) is 0.992. The molecule has 2 aromatic rings. The monoisotopic (exact) mass is 478 g/mol. The first-order valence-electron chi connectivity index (χ1n) is 13.0. The second-order valence-electron chi connectivity index (χ2n) is 9.46. The molecular weight excluding hydrogens is 440 g/mol. The number of amides is 3. The van der Waals surface area contributed by atoms with Crippen LogP contribution < -0.4 is 15.4 Å². The normalized spacial score (nSPS) is 18.3. The Kier molecular flexibility index (Phi) is 9.01. The average molecular weight is 479 g/mol. The first-order chi connectivity index (χ1) is 17.1. The van der Waals surface area contributed by atoms with Crippen LogP contribution in [0, 0.1) is 0 Å². The number of benzene rings is 2. The van der Waals surface area contributed by atoms with Gasteiger partial charge < -0.3 is 25.2 Å². The number of rotatable bonds is 9. The molecule has 2 fully saturated rings. The number of nitrogens with one attached hydrogen (secondary N) is 2. The van der Waals surface area contributed by atoms with Crippen LogP contribution in [0.15, 0.2) is 48.5 Å². The number of likely N-dealkylation sites (tertiary alicyclic amines) is 2. The van der Waals surface area contributed by atoms with E-state index in [1.807, 2.05) is 54.3 Å². The van der Waals surface area contributed by atoms with E-state index in [9.17, 15) is 9.59 Å². The van der Waals surface area contributed by atoms with Crippen molar-refractivity contribution in [3.05, 3.63) is 59.7 Å². The molecule has 188 valence electrons. The Morgan fingerprint density at radius 3 is 2.60 bits per heavy atom. The summed E-state index contributed by atoms with van der Waals surface area (Å²) in [4.78, 5) is 29.9. The number of ether oxygens (including phenoxy) is 1. The van der Waals surface area contributed by atoms with Gasteiger partial charge >= 0.3 is 6.03 Å². The lowest BCUT2D eigenvalue weighted by Crippen LogP contribution is -2.41. The second-order valence-corrected chi connectivity index (χ2v) is 9.46. The van der Waals surface area contributed by atoms with Gasteiger partial charge in [-0.1, -0.05) is 12.1 Å². The maximum Gasteiger partial charge on any atom is 0.321 e. The molecule has 2 N–H and O–H groups in total. The minimum absolute atomic E-state index is 0.0193. The van der Waals surface area contributed by atoms with Crippen molar-refractivity contribution in [2.75, 3.05) is 51.2 Å². The van der Waals surface area contributed by atoms with E-state index in [0.29, 0.717) is 25.3 Å². The number of piperidine rings is 1. The highest BCUT2D eigenvalue weighted by Crippen LogP contribution is 2.28. The van der Waals surface area contributed by atoms with Gasteiger partial charge in [0.25, 0.3) is 5.91 Å². The van der Waals surface area contributed by atoms with Crippen molar-refractivity contribution in [1.82, 2.24) is 15.1 Å². The fourth-order valence-electron chi connectivity index (χ4n) is 4.98. The van der Waals surface area contributed by atoms with E-state index in [-0.39, 0.29) is 17.9 Å². The van der Waals surface area contributed by atoms with E-state index in [1.165, 1.54) is 25.9 Å². The molecule has 0 spiro atoms. The fourth-order valence-corrected chi connectivity index (χ4v) is 4.98. The molecule has 2 saturated heterocycles. The molecule has 2 heterocycles. The SMILES string of the molecule is CCOc1ccc(NC(=O)N2CCCC(c3cccc(C(=O)NCCCN4CCCC4)c3)C2)cc1. The van der Waals surface area contributed by atoms with Crippen molar-refractivity contribution >= 4 is 17.6 Å². The van der Waals surface area contributed by atoms with E-state index in [1.54, 1.807) is 0 Å². The van der Waals surface area contributed by atoms with Crippen LogP contribution in [-0.2, 0) is 0 Å². The first-order valence-corrected chi connectivity index (χ1v) is 13.0. The predicted octanol–water partition coefficient (Wildman–Crippen LogP) is 4.71. The minimum Gasteiger partial charge on any atom is -0.494 e. The molecule has 1 unspecified atom stereocenters. The molecule has 35 heavy (non-hydrogen) atoms. The van der Waals surface area contributed by atoms with Crippen molar-refractivity contribution in [2.24, 2.45) is 0 Å². The molecule has 2 aliphatic rings. The van der Waals surface area contributed by atoms with Crippen molar-refractivity contribution in [2.45, 2.75) is 44.9 Å². The third-order valence-electron chi connectivity index (χ3n) is 6.88. The van der Waals surface area contributed by atoms with Gasteiger partial charge in [0.15, 0.2) is 0 Å². The van der Waals surface area contributed by atoms with Crippen molar-refractivity contribution < 1.29 is 14.3 Å². The molecule has 1 atom stereocenters. The van der Waals surface area contributed by atoms with Crippen LogP contribution in [-0.4, -0.2) is 67.6 Å². The number of anilines is 1. The molecule has 3 amide bonds. The fraction of sp³-hybridized carbons (Fsp3) is 0.500.